The first-order chi connectivity index (χ1) is 22.3. The SMILES string of the molecule is Cc1nc2ccc(Oc3ccc4ncc(-c5cnn(CC6CCN(C(=O)O)S(=O)(=O)C6)c5)nc4c3Cl)cc2n1COCC[Si](C)(C)C. The Kier molecular flexibility index (Phi) is 9.00. The number of ether oxygens (including phenoxy) is 2. The van der Waals surface area contributed by atoms with Gasteiger partial charge in [0.2, 0.25) is 10.0 Å². The number of carbonyl (C=O) groups is 1. The number of carboxylic acid groups (broad SMARTS) is 1. The van der Waals surface area contributed by atoms with Gasteiger partial charge in [-0.15, -0.1) is 0 Å². The molecule has 4 heterocycles. The molecule has 5 aromatic rings. The number of hydrogen-bond donors (Lipinski definition) is 1. The minimum Gasteiger partial charge on any atom is -0.464 e. The van der Waals surface area contributed by atoms with E-state index in [-0.39, 0.29) is 18.2 Å². The largest absolute Gasteiger partial charge is 0.464 e. The van der Waals surface area contributed by atoms with Gasteiger partial charge in [0.15, 0.2) is 0 Å². The number of aryl methyl sites for hydroxylation is 1. The zero-order valence-corrected chi connectivity index (χ0v) is 29.1. The van der Waals surface area contributed by atoms with E-state index in [0.717, 1.165) is 22.9 Å². The highest BCUT2D eigenvalue weighted by atomic mass is 35.5. The van der Waals surface area contributed by atoms with Crippen molar-refractivity contribution in [2.24, 2.45) is 5.92 Å². The first kappa shape index (κ1) is 32.9. The van der Waals surface area contributed by atoms with Crippen LogP contribution in [0.3, 0.4) is 0 Å². The van der Waals surface area contributed by atoms with Crippen molar-refractivity contribution in [1.29, 1.82) is 0 Å². The molecule has 47 heavy (non-hydrogen) atoms. The van der Waals surface area contributed by atoms with Gasteiger partial charge in [0.05, 0.1) is 40.4 Å². The second-order valence-electron chi connectivity index (χ2n) is 12.9. The van der Waals surface area contributed by atoms with Crippen LogP contribution >= 0.6 is 11.6 Å². The number of aromatic nitrogens is 6. The molecule has 6 rings (SSSR count). The number of imidazole rings is 1. The predicted octanol–water partition coefficient (Wildman–Crippen LogP) is 6.24. The average Bonchev–Trinajstić information content (AvgIpc) is 3.59. The van der Waals surface area contributed by atoms with E-state index in [9.17, 15) is 13.2 Å². The minimum atomic E-state index is -3.88. The van der Waals surface area contributed by atoms with Gasteiger partial charge in [-0.25, -0.2) is 27.5 Å². The number of benzene rings is 2. The van der Waals surface area contributed by atoms with Crippen LogP contribution in [0, 0.1) is 12.8 Å². The molecule has 1 saturated heterocycles. The van der Waals surface area contributed by atoms with Crippen LogP contribution in [0.2, 0.25) is 30.7 Å². The fraction of sp³-hybridized carbons (Fsp3) is 0.387. The van der Waals surface area contributed by atoms with Crippen molar-refractivity contribution in [2.75, 3.05) is 18.9 Å². The molecule has 16 heteroatoms. The minimum absolute atomic E-state index is 0.0696. The Labute approximate surface area is 278 Å². The van der Waals surface area contributed by atoms with Crippen molar-refractivity contribution >= 4 is 57.9 Å². The number of nitrogens with zero attached hydrogens (tertiary/aromatic N) is 7. The molecule has 1 N–H and O–H groups in total. The van der Waals surface area contributed by atoms with Crippen LogP contribution in [0.25, 0.3) is 33.3 Å². The zero-order chi connectivity index (χ0) is 33.5. The molecule has 1 amide bonds. The summed E-state index contributed by atoms with van der Waals surface area (Å²) in [6.45, 7) is 10.3. The quantitative estimate of drug-likeness (QED) is 0.131. The Morgan fingerprint density at radius 3 is 2.66 bits per heavy atom. The van der Waals surface area contributed by atoms with Crippen molar-refractivity contribution in [3.63, 3.8) is 0 Å². The van der Waals surface area contributed by atoms with Gasteiger partial charge in [0.25, 0.3) is 0 Å². The maximum Gasteiger partial charge on any atom is 0.421 e. The molecule has 3 aromatic heterocycles. The molecular weight excluding hydrogens is 662 g/mol. The van der Waals surface area contributed by atoms with E-state index >= 15 is 0 Å². The van der Waals surface area contributed by atoms with Crippen LogP contribution < -0.4 is 4.74 Å². The van der Waals surface area contributed by atoms with Crippen LogP contribution in [0.1, 0.15) is 12.2 Å². The molecule has 1 aliphatic rings. The smallest absolute Gasteiger partial charge is 0.421 e. The number of rotatable bonds is 10. The van der Waals surface area contributed by atoms with Gasteiger partial charge in [-0.3, -0.25) is 9.67 Å². The highest BCUT2D eigenvalue weighted by Crippen LogP contribution is 2.36. The zero-order valence-electron chi connectivity index (χ0n) is 26.6. The van der Waals surface area contributed by atoms with Gasteiger partial charge in [-0.2, -0.15) is 5.10 Å². The van der Waals surface area contributed by atoms with Crippen molar-refractivity contribution in [1.82, 2.24) is 33.6 Å². The molecule has 13 nitrogen and oxygen atoms in total. The number of amides is 1. The van der Waals surface area contributed by atoms with Crippen molar-refractivity contribution in [2.45, 2.75) is 52.3 Å². The van der Waals surface area contributed by atoms with E-state index in [1.807, 2.05) is 29.7 Å². The van der Waals surface area contributed by atoms with Crippen LogP contribution in [0.4, 0.5) is 4.79 Å². The molecular formula is C31H36ClN7O6SSi. The van der Waals surface area contributed by atoms with Crippen LogP contribution in [-0.4, -0.2) is 80.2 Å². The normalized spacial score (nSPS) is 16.6. The third kappa shape index (κ3) is 7.27. The number of sulfonamides is 1. The van der Waals surface area contributed by atoms with Crippen LogP contribution in [0.5, 0.6) is 11.5 Å². The molecule has 0 radical (unpaired) electrons. The molecule has 248 valence electrons. The summed E-state index contributed by atoms with van der Waals surface area (Å²) < 4.78 is 41.2. The Balaban J connectivity index is 1.19. The van der Waals surface area contributed by atoms with Gasteiger partial charge in [-0.05, 0) is 49.6 Å². The number of halogens is 1. The van der Waals surface area contributed by atoms with Crippen LogP contribution in [0.15, 0.2) is 48.9 Å². The van der Waals surface area contributed by atoms with E-state index in [2.05, 4.69) is 34.7 Å². The van der Waals surface area contributed by atoms with E-state index in [4.69, 9.17) is 31.2 Å². The Morgan fingerprint density at radius 1 is 1.13 bits per heavy atom. The molecule has 1 aliphatic heterocycles. The molecule has 0 aliphatic carbocycles. The van der Waals surface area contributed by atoms with Gasteiger partial charge in [0, 0.05) is 45.6 Å². The summed E-state index contributed by atoms with van der Waals surface area (Å²) in [6.07, 6.45) is 3.97. The van der Waals surface area contributed by atoms with Gasteiger partial charge < -0.3 is 19.1 Å². The number of hydrogen-bond acceptors (Lipinski definition) is 9. The summed E-state index contributed by atoms with van der Waals surface area (Å²) in [5, 5.41) is 13.8. The van der Waals surface area contributed by atoms with Gasteiger partial charge >= 0.3 is 6.09 Å². The lowest BCUT2D eigenvalue weighted by atomic mass is 10.1. The molecule has 1 atom stereocenters. The first-order valence-corrected chi connectivity index (χ1v) is 20.9. The maximum absolute atomic E-state index is 12.4. The molecule has 0 saturated carbocycles. The first-order valence-electron chi connectivity index (χ1n) is 15.2. The number of fused-ring (bicyclic) bond motifs is 2. The highest BCUT2D eigenvalue weighted by molar-refractivity contribution is 7.89. The van der Waals surface area contributed by atoms with Gasteiger partial charge in [0.1, 0.15) is 34.6 Å². The van der Waals surface area contributed by atoms with Crippen molar-refractivity contribution in [3.05, 3.63) is 59.8 Å². The van der Waals surface area contributed by atoms with Crippen LogP contribution in [-0.2, 0) is 28.0 Å². The predicted molar refractivity (Wildman–Crippen MR) is 181 cm³/mol. The Bertz CT molecular complexity index is 2080. The fourth-order valence-electron chi connectivity index (χ4n) is 5.48. The third-order valence-electron chi connectivity index (χ3n) is 8.08. The van der Waals surface area contributed by atoms with E-state index in [1.165, 1.54) is 0 Å². The monoisotopic (exact) mass is 697 g/mol. The van der Waals surface area contributed by atoms with E-state index in [1.54, 1.807) is 35.4 Å². The van der Waals surface area contributed by atoms with E-state index < -0.39 is 24.2 Å². The van der Waals surface area contributed by atoms with Gasteiger partial charge in [-0.1, -0.05) is 31.2 Å². The lowest BCUT2D eigenvalue weighted by Crippen LogP contribution is -2.45. The molecule has 2 aromatic carbocycles. The fourth-order valence-corrected chi connectivity index (χ4v) is 8.15. The average molecular weight is 698 g/mol. The maximum atomic E-state index is 12.4. The Hall–Kier alpha value is -4.05. The lowest BCUT2D eigenvalue weighted by molar-refractivity contribution is 0.0885. The highest BCUT2D eigenvalue weighted by Gasteiger charge is 2.35. The topological polar surface area (TPSA) is 155 Å². The molecule has 1 fully saturated rings. The summed E-state index contributed by atoms with van der Waals surface area (Å²) in [5.74, 6) is 1.33. The summed E-state index contributed by atoms with van der Waals surface area (Å²) in [6, 6.07) is 10.3. The summed E-state index contributed by atoms with van der Waals surface area (Å²) in [4.78, 5) is 25.2. The summed E-state index contributed by atoms with van der Waals surface area (Å²) in [7, 11) is -5.07. The molecule has 1 unspecified atom stereocenters. The summed E-state index contributed by atoms with van der Waals surface area (Å²) >= 11 is 6.84. The standard InChI is InChI=1S/C31H36ClN7O6SSi/c1-20-35-24-6-5-23(13-27(24)38(20)19-44-11-12-47(2,3)4)45-28-8-7-25-30(29(28)32)36-26(15-33-25)22-14-34-37(17-22)16-21-9-10-39(31(40)41)46(42,43)18-21/h5-8,13-15,17,21H,9-12,16,18-19H2,1-4H3,(H,40,41). The van der Waals surface area contributed by atoms with Crippen molar-refractivity contribution in [3.8, 4) is 22.8 Å². The Morgan fingerprint density at radius 2 is 1.91 bits per heavy atom. The second-order valence-corrected chi connectivity index (χ2v) is 20.9. The second kappa shape index (κ2) is 12.9. The van der Waals surface area contributed by atoms with Crippen molar-refractivity contribution < 1.29 is 27.8 Å². The lowest BCUT2D eigenvalue weighted by Gasteiger charge is -2.29. The molecule has 0 bridgehead atoms. The summed E-state index contributed by atoms with van der Waals surface area (Å²) in [5.41, 5.74) is 4.00. The third-order valence-corrected chi connectivity index (χ3v) is 12.1. The van der Waals surface area contributed by atoms with E-state index in [0.29, 0.717) is 69.4 Å². The molecule has 0 spiro atoms.